The molecule has 2 rings (SSSR count). The summed E-state index contributed by atoms with van der Waals surface area (Å²) in [5.74, 6) is 7.10. The molecule has 0 radical (unpaired) electrons. The molecule has 0 aromatic carbocycles. The van der Waals surface area contributed by atoms with Crippen LogP contribution in [0.15, 0.2) is 11.2 Å². The number of hydrogen-bond acceptors (Lipinski definition) is 8. The van der Waals surface area contributed by atoms with Crippen molar-refractivity contribution in [3.63, 3.8) is 0 Å². The third-order valence-electron chi connectivity index (χ3n) is 3.58. The van der Waals surface area contributed by atoms with Gasteiger partial charge >= 0.3 is 0 Å². The lowest BCUT2D eigenvalue weighted by molar-refractivity contribution is 0.229. The lowest BCUT2D eigenvalue weighted by Crippen LogP contribution is -2.48. The van der Waals surface area contributed by atoms with Crippen LogP contribution < -0.4 is 16.2 Å². The van der Waals surface area contributed by atoms with Crippen LogP contribution in [0.2, 0.25) is 0 Å². The highest BCUT2D eigenvalue weighted by Crippen LogP contribution is 2.21. The average Bonchev–Trinajstić information content (AvgIpc) is 2.52. The maximum Gasteiger partial charge on any atom is 0.191 e. The zero-order valence-corrected chi connectivity index (χ0v) is 13.9. The van der Waals surface area contributed by atoms with Crippen LogP contribution in [-0.2, 0) is 0 Å². The van der Waals surface area contributed by atoms with Crippen LogP contribution in [0.25, 0.3) is 0 Å². The number of hydrazine groups is 1. The number of thioether (sulfide) groups is 1. The van der Waals surface area contributed by atoms with Crippen LogP contribution in [0, 0.1) is 0 Å². The molecule has 2 heterocycles. The van der Waals surface area contributed by atoms with Gasteiger partial charge in [-0.25, -0.2) is 15.8 Å². The maximum atomic E-state index is 5.48. The number of rotatable bonds is 6. The predicted molar refractivity (Wildman–Crippen MR) is 88.8 cm³/mol. The number of nitrogens with one attached hydrogen (secondary N) is 1. The smallest absolute Gasteiger partial charge is 0.191 e. The summed E-state index contributed by atoms with van der Waals surface area (Å²) < 4.78 is 0. The average molecular weight is 311 g/mol. The molecule has 21 heavy (non-hydrogen) atoms. The first-order chi connectivity index (χ1) is 10.1. The first kappa shape index (κ1) is 16.3. The topological polar surface area (TPSA) is 73.6 Å². The molecule has 118 valence electrons. The molecule has 0 amide bonds. The standard InChI is InChI=1S/C13H25N7S/c1-18(2)4-5-19-6-8-20(9-7-19)12-10-11(17-14)15-13(16-12)21-3/h10H,4-9,14H2,1-3H3,(H,15,16,17). The van der Waals surface area contributed by atoms with E-state index in [-0.39, 0.29) is 0 Å². The van der Waals surface area contributed by atoms with Crippen LogP contribution in [0.5, 0.6) is 0 Å². The zero-order valence-electron chi connectivity index (χ0n) is 13.0. The van der Waals surface area contributed by atoms with E-state index in [9.17, 15) is 0 Å². The maximum absolute atomic E-state index is 5.48. The van der Waals surface area contributed by atoms with Crippen molar-refractivity contribution >= 4 is 23.4 Å². The van der Waals surface area contributed by atoms with E-state index in [0.717, 1.165) is 50.2 Å². The normalized spacial score (nSPS) is 16.5. The highest BCUT2D eigenvalue weighted by atomic mass is 32.2. The number of anilines is 2. The Bertz CT molecular complexity index is 424. The SMILES string of the molecule is CSc1nc(NN)cc(N2CCN(CCN(C)C)CC2)n1. The molecule has 0 atom stereocenters. The lowest BCUT2D eigenvalue weighted by Gasteiger charge is -2.36. The molecule has 0 aliphatic carbocycles. The minimum atomic E-state index is 0.666. The molecular weight excluding hydrogens is 286 g/mol. The van der Waals surface area contributed by atoms with E-state index in [1.807, 2.05) is 12.3 Å². The van der Waals surface area contributed by atoms with Gasteiger partial charge in [-0.05, 0) is 20.4 Å². The van der Waals surface area contributed by atoms with Crippen molar-refractivity contribution in [2.24, 2.45) is 5.84 Å². The van der Waals surface area contributed by atoms with E-state index in [2.05, 4.69) is 44.2 Å². The van der Waals surface area contributed by atoms with Gasteiger partial charge in [0.2, 0.25) is 0 Å². The number of likely N-dealkylation sites (N-methyl/N-ethyl adjacent to an activating group) is 1. The Morgan fingerprint density at radius 2 is 2.00 bits per heavy atom. The number of nitrogens with zero attached hydrogens (tertiary/aromatic N) is 5. The fourth-order valence-electron chi connectivity index (χ4n) is 2.28. The van der Waals surface area contributed by atoms with Gasteiger partial charge in [-0.3, -0.25) is 4.90 Å². The summed E-state index contributed by atoms with van der Waals surface area (Å²) in [6.45, 7) is 6.34. The van der Waals surface area contributed by atoms with Crippen molar-refractivity contribution in [3.8, 4) is 0 Å². The number of nitrogen functional groups attached to an aromatic ring is 1. The van der Waals surface area contributed by atoms with E-state index < -0.39 is 0 Å². The van der Waals surface area contributed by atoms with Crippen LogP contribution >= 0.6 is 11.8 Å². The highest BCUT2D eigenvalue weighted by molar-refractivity contribution is 7.98. The number of hydrogen-bond donors (Lipinski definition) is 2. The zero-order chi connectivity index (χ0) is 15.2. The van der Waals surface area contributed by atoms with E-state index >= 15 is 0 Å². The fraction of sp³-hybridized carbons (Fsp3) is 0.692. The predicted octanol–water partition coefficient (Wildman–Crippen LogP) is 0.168. The molecule has 0 spiro atoms. The molecule has 0 bridgehead atoms. The van der Waals surface area contributed by atoms with Crippen molar-refractivity contribution < 1.29 is 0 Å². The van der Waals surface area contributed by atoms with Gasteiger partial charge in [-0.15, -0.1) is 0 Å². The first-order valence-corrected chi connectivity index (χ1v) is 8.36. The molecule has 0 saturated carbocycles. The molecule has 1 aromatic heterocycles. The minimum Gasteiger partial charge on any atom is -0.354 e. The lowest BCUT2D eigenvalue weighted by atomic mass is 10.3. The quantitative estimate of drug-likeness (QED) is 0.333. The summed E-state index contributed by atoms with van der Waals surface area (Å²) in [5, 5.41) is 0.746. The summed E-state index contributed by atoms with van der Waals surface area (Å²) in [4.78, 5) is 15.9. The van der Waals surface area contributed by atoms with Crippen molar-refractivity contribution in [2.75, 3.05) is 69.9 Å². The molecule has 1 saturated heterocycles. The molecule has 3 N–H and O–H groups in total. The third-order valence-corrected chi connectivity index (χ3v) is 4.13. The Hall–Kier alpha value is -1.09. The van der Waals surface area contributed by atoms with E-state index in [1.54, 1.807) is 0 Å². The first-order valence-electron chi connectivity index (χ1n) is 7.14. The van der Waals surface area contributed by atoms with Crippen LogP contribution in [0.1, 0.15) is 0 Å². The van der Waals surface area contributed by atoms with Gasteiger partial charge in [-0.2, -0.15) is 0 Å². The molecule has 1 fully saturated rings. The molecule has 0 unspecified atom stereocenters. The van der Waals surface area contributed by atoms with Crippen LogP contribution in [0.3, 0.4) is 0 Å². The second kappa shape index (κ2) is 7.79. The van der Waals surface area contributed by atoms with E-state index in [0.29, 0.717) is 5.82 Å². The van der Waals surface area contributed by atoms with Crippen molar-refractivity contribution in [1.29, 1.82) is 0 Å². The van der Waals surface area contributed by atoms with Gasteiger partial charge in [0.1, 0.15) is 11.6 Å². The molecule has 1 aliphatic rings. The van der Waals surface area contributed by atoms with Gasteiger partial charge in [-0.1, -0.05) is 11.8 Å². The Balaban J connectivity index is 1.95. The van der Waals surface area contributed by atoms with E-state index in [4.69, 9.17) is 5.84 Å². The Labute approximate surface area is 130 Å². The third kappa shape index (κ3) is 4.70. The van der Waals surface area contributed by atoms with Crippen molar-refractivity contribution in [1.82, 2.24) is 19.8 Å². The van der Waals surface area contributed by atoms with E-state index in [1.165, 1.54) is 11.8 Å². The van der Waals surface area contributed by atoms with Gasteiger partial charge in [0.05, 0.1) is 0 Å². The Morgan fingerprint density at radius 1 is 1.29 bits per heavy atom. The van der Waals surface area contributed by atoms with Gasteiger partial charge < -0.3 is 15.2 Å². The minimum absolute atomic E-state index is 0.666. The highest BCUT2D eigenvalue weighted by Gasteiger charge is 2.19. The summed E-state index contributed by atoms with van der Waals surface area (Å²) in [5.41, 5.74) is 2.62. The summed E-state index contributed by atoms with van der Waals surface area (Å²) in [6.07, 6.45) is 1.97. The second-order valence-corrected chi connectivity index (χ2v) is 6.15. The van der Waals surface area contributed by atoms with Crippen molar-refractivity contribution in [3.05, 3.63) is 6.07 Å². The van der Waals surface area contributed by atoms with Gasteiger partial charge in [0, 0.05) is 45.3 Å². The van der Waals surface area contributed by atoms with Gasteiger partial charge in [0.15, 0.2) is 5.16 Å². The van der Waals surface area contributed by atoms with Crippen LogP contribution in [-0.4, -0.2) is 79.4 Å². The Morgan fingerprint density at radius 3 is 2.57 bits per heavy atom. The van der Waals surface area contributed by atoms with Crippen LogP contribution in [0.4, 0.5) is 11.6 Å². The number of aromatic nitrogens is 2. The molecule has 8 heteroatoms. The monoisotopic (exact) mass is 311 g/mol. The van der Waals surface area contributed by atoms with Crippen molar-refractivity contribution in [2.45, 2.75) is 5.16 Å². The molecule has 1 aromatic rings. The fourth-order valence-corrected chi connectivity index (χ4v) is 2.66. The second-order valence-electron chi connectivity index (χ2n) is 5.37. The molecule has 7 nitrogen and oxygen atoms in total. The largest absolute Gasteiger partial charge is 0.354 e. The molecule has 1 aliphatic heterocycles. The number of nitrogens with two attached hydrogens (primary N) is 1. The summed E-state index contributed by atoms with van der Waals surface area (Å²) in [6, 6.07) is 1.91. The molecular formula is C13H25N7S. The Kier molecular flexibility index (Phi) is 6.04. The summed E-state index contributed by atoms with van der Waals surface area (Å²) >= 11 is 1.53. The van der Waals surface area contributed by atoms with Gasteiger partial charge in [0.25, 0.3) is 0 Å². The summed E-state index contributed by atoms with van der Waals surface area (Å²) in [7, 11) is 4.23. The number of piperazine rings is 1.